The summed E-state index contributed by atoms with van der Waals surface area (Å²) in [6, 6.07) is 16.7. The van der Waals surface area contributed by atoms with Crippen molar-refractivity contribution in [3.05, 3.63) is 128 Å². The number of hydrogen-bond acceptors (Lipinski definition) is 16. The van der Waals surface area contributed by atoms with Crippen molar-refractivity contribution in [3.8, 4) is 23.0 Å². The van der Waals surface area contributed by atoms with Gasteiger partial charge in [0.2, 0.25) is 11.0 Å². The summed E-state index contributed by atoms with van der Waals surface area (Å²) < 4.78 is 51.7. The number of β-lactam (4-membered cyclic amide) rings is 1. The van der Waals surface area contributed by atoms with Gasteiger partial charge in [-0.15, -0.1) is 11.3 Å². The van der Waals surface area contributed by atoms with Crippen LogP contribution in [0, 0.1) is 6.92 Å². The topological polar surface area (TPSA) is 226 Å². The van der Waals surface area contributed by atoms with Crippen LogP contribution in [0.2, 0.25) is 5.02 Å². The number of nitrogens with zero attached hydrogens (tertiary/aromatic N) is 6. The normalized spacial score (nSPS) is 17.5. The lowest BCUT2D eigenvalue weighted by Gasteiger charge is -2.49. The number of ether oxygens (including phenoxy) is 5. The van der Waals surface area contributed by atoms with Crippen molar-refractivity contribution < 1.29 is 66.3 Å². The Hall–Kier alpha value is -7.08. The zero-order valence-electron chi connectivity index (χ0n) is 42.8. The lowest BCUT2D eigenvalue weighted by Crippen LogP contribution is -2.75. The number of halogens is 1. The number of carbonyl (C=O) groups is 5. The number of hydrogen-bond donors (Lipinski definition) is 1. The Morgan fingerprint density at radius 2 is 1.63 bits per heavy atom. The second kappa shape index (κ2) is 22.4. The Kier molecular flexibility index (Phi) is 16.2. The highest BCUT2D eigenvalue weighted by atomic mass is 35.5. The lowest BCUT2D eigenvalue weighted by atomic mass is 10.0. The highest BCUT2D eigenvalue weighted by Gasteiger charge is 2.61. The van der Waals surface area contributed by atoms with E-state index in [0.29, 0.717) is 46.7 Å². The molecule has 3 atom stereocenters. The fraction of sp³-hybridized carbons (Fsp3) is 0.373. The van der Waals surface area contributed by atoms with Crippen LogP contribution >= 0.6 is 22.9 Å². The number of fused-ring (bicyclic) bond motifs is 2. The van der Waals surface area contributed by atoms with Crippen LogP contribution < -0.4 is 28.8 Å². The first kappa shape index (κ1) is 54.2. The van der Waals surface area contributed by atoms with Crippen LogP contribution in [0.25, 0.3) is 0 Å². The minimum atomic E-state index is -1.84. The average molecular weight is 1090 g/mol. The molecule has 0 aliphatic carbocycles. The third-order valence-corrected chi connectivity index (χ3v) is 15.1. The molecule has 3 aliphatic rings. The number of thiazole rings is 1. The first-order chi connectivity index (χ1) is 35.7. The molecule has 1 saturated heterocycles. The minimum Gasteiger partial charge on any atom is -0.614 e. The maximum Gasteiger partial charge on any atom is 0.353 e. The Bertz CT molecular complexity index is 3070. The smallest absolute Gasteiger partial charge is 0.353 e. The second-order valence-corrected chi connectivity index (χ2v) is 22.1. The van der Waals surface area contributed by atoms with Gasteiger partial charge in [-0.05, 0) is 100 Å². The predicted octanol–water partition coefficient (Wildman–Crippen LogP) is 4.33. The van der Waals surface area contributed by atoms with Crippen LogP contribution in [-0.4, -0.2) is 116 Å². The summed E-state index contributed by atoms with van der Waals surface area (Å²) in [5.74, 6) is -1.15. The number of rotatable bonds is 18. The summed E-state index contributed by atoms with van der Waals surface area (Å²) in [7, 11) is 4.35. The molecule has 1 unspecified atom stereocenters. The summed E-state index contributed by atoms with van der Waals surface area (Å²) in [6.45, 7) is 10.8. The number of nitrogens with one attached hydrogen (secondary N) is 1. The molecule has 1 fully saturated rings. The summed E-state index contributed by atoms with van der Waals surface area (Å²) in [5, 5.41) is 7.73. The van der Waals surface area contributed by atoms with Gasteiger partial charge in [0.05, 0.1) is 41.9 Å². The summed E-state index contributed by atoms with van der Waals surface area (Å²) in [4.78, 5) is 81.8. The van der Waals surface area contributed by atoms with Gasteiger partial charge < -0.3 is 47.9 Å². The van der Waals surface area contributed by atoms with Gasteiger partial charge in [-0.2, -0.15) is 0 Å². The molecule has 20 nitrogen and oxygen atoms in total. The number of aryl methyl sites for hydroxylation is 1. The quantitative estimate of drug-likeness (QED) is 0.0245. The fourth-order valence-corrected chi connectivity index (χ4v) is 10.9. The fourth-order valence-electron chi connectivity index (χ4n) is 8.31. The Balaban J connectivity index is 1.00. The van der Waals surface area contributed by atoms with E-state index in [1.54, 1.807) is 70.5 Å². The maximum absolute atomic E-state index is 14.5. The van der Waals surface area contributed by atoms with Gasteiger partial charge in [-0.3, -0.25) is 19.3 Å². The zero-order chi connectivity index (χ0) is 53.9. The molecule has 8 rings (SSSR count). The van der Waals surface area contributed by atoms with Crippen LogP contribution in [0.15, 0.2) is 94.9 Å². The molecule has 3 aliphatic heterocycles. The van der Waals surface area contributed by atoms with Crippen LogP contribution in [-0.2, 0) is 77.4 Å². The van der Waals surface area contributed by atoms with Gasteiger partial charge in [-0.1, -0.05) is 41.0 Å². The molecular weight excluding hydrogens is 1030 g/mol. The molecule has 5 aromatic rings. The number of benzene rings is 3. The number of methoxy groups -OCH3 is 2. The maximum atomic E-state index is 14.5. The minimum absolute atomic E-state index is 0.00313. The molecule has 0 spiro atoms. The summed E-state index contributed by atoms with van der Waals surface area (Å²) in [6.07, 6.45) is 3.62. The lowest BCUT2D eigenvalue weighted by molar-refractivity contribution is -0.710. The Morgan fingerprint density at radius 1 is 0.973 bits per heavy atom. The standard InChI is InChI=1S/C51H55BClN7O13S2/c1-29-54-36(27-74-29)40(56-73-51(5,6)49(65)71-50(2,3)4)44(61)55-41-46(63)60-42(48(64)72-52)32(28-75(66)47(41)60)23-58-21-19-57-20-22-59(24-38(57)58)45(62)35-17-18-37(69-25-30-9-13-33(67-7)14-10-30)43(39(35)53)70-26-31-11-15-34(68-8)16-12-31/h9-19,21,27,41,47H,20,22-26,28,52H2,1-8H3/p+1/b56-40-/t41-,47-,75?/m1/s1. The van der Waals surface area contributed by atoms with E-state index in [-0.39, 0.29) is 71.4 Å². The number of oxime groups is 1. The molecule has 2 aromatic heterocycles. The third-order valence-electron chi connectivity index (χ3n) is 12.3. The van der Waals surface area contributed by atoms with E-state index < -0.39 is 57.5 Å². The molecule has 0 saturated carbocycles. The van der Waals surface area contributed by atoms with Crippen LogP contribution in [0.3, 0.4) is 0 Å². The van der Waals surface area contributed by atoms with Gasteiger partial charge in [-0.25, -0.2) is 23.7 Å². The Labute approximate surface area is 446 Å². The second-order valence-electron chi connectivity index (χ2n) is 19.1. The molecule has 24 heteroatoms. The molecule has 5 heterocycles. The summed E-state index contributed by atoms with van der Waals surface area (Å²) in [5.41, 5.74) is -0.594. The number of esters is 1. The van der Waals surface area contributed by atoms with Crippen molar-refractivity contribution in [3.63, 3.8) is 0 Å². The first-order valence-electron chi connectivity index (χ1n) is 23.6. The monoisotopic (exact) mass is 1080 g/mol. The van der Waals surface area contributed by atoms with Gasteiger partial charge in [0.15, 0.2) is 23.3 Å². The molecule has 394 valence electrons. The average Bonchev–Trinajstić information content (AvgIpc) is 4.01. The van der Waals surface area contributed by atoms with Crippen LogP contribution in [0.1, 0.15) is 72.6 Å². The van der Waals surface area contributed by atoms with E-state index in [9.17, 15) is 28.5 Å². The largest absolute Gasteiger partial charge is 0.614 e. The van der Waals surface area contributed by atoms with Crippen LogP contribution in [0.5, 0.6) is 23.0 Å². The van der Waals surface area contributed by atoms with Gasteiger partial charge >= 0.3 is 20.0 Å². The number of aromatic nitrogens is 3. The van der Waals surface area contributed by atoms with Crippen molar-refractivity contribution in [2.24, 2.45) is 5.16 Å². The molecular formula is C51H56BClN7O13S2+. The molecule has 1 N–H and O–H groups in total. The molecule has 3 amide bonds. The van der Waals surface area contributed by atoms with E-state index in [1.807, 2.05) is 63.9 Å². The number of imidazole rings is 1. The number of amides is 3. The molecule has 75 heavy (non-hydrogen) atoms. The van der Waals surface area contributed by atoms with E-state index in [2.05, 4.69) is 15.5 Å². The number of carbonyl (C=O) groups excluding carboxylic acids is 5. The van der Waals surface area contributed by atoms with Gasteiger partial charge in [0, 0.05) is 5.38 Å². The van der Waals surface area contributed by atoms with E-state index in [1.165, 1.54) is 33.2 Å². The van der Waals surface area contributed by atoms with Crippen molar-refractivity contribution in [2.75, 3.05) is 26.5 Å². The van der Waals surface area contributed by atoms with Crippen molar-refractivity contribution in [1.29, 1.82) is 0 Å². The third kappa shape index (κ3) is 11.9. The molecule has 0 radical (unpaired) electrons. The van der Waals surface area contributed by atoms with Gasteiger partial charge in [0.25, 0.3) is 23.5 Å². The molecule has 0 bridgehead atoms. The zero-order valence-corrected chi connectivity index (χ0v) is 45.2. The molecule has 3 aromatic carbocycles. The highest BCUT2D eigenvalue weighted by Crippen LogP contribution is 2.41. The Morgan fingerprint density at radius 3 is 2.23 bits per heavy atom. The van der Waals surface area contributed by atoms with Crippen molar-refractivity contribution in [2.45, 2.75) is 97.0 Å². The van der Waals surface area contributed by atoms with E-state index in [4.69, 9.17) is 44.8 Å². The SMILES string of the molecule is BOC(=O)C1=C(Cn2cc[n+]3c2CN(C(=O)c2ccc(OCc4ccc(OC)cc4)c(OCc4ccc(OC)cc4)c2Cl)CC3)C[S+]([O-])[C@@H]2[C@H](NC(=O)/C(=N\OC(C)(C)C(=O)OC(C)(C)C)c3csc(C)n3)C(=O)N12. The summed E-state index contributed by atoms with van der Waals surface area (Å²) >= 11 is 6.48. The van der Waals surface area contributed by atoms with Crippen molar-refractivity contribution in [1.82, 2.24) is 24.7 Å². The van der Waals surface area contributed by atoms with E-state index >= 15 is 0 Å². The predicted molar refractivity (Wildman–Crippen MR) is 277 cm³/mol. The first-order valence-corrected chi connectivity index (χ1v) is 26.3. The van der Waals surface area contributed by atoms with Gasteiger partial charge in [0.1, 0.15) is 79.5 Å². The van der Waals surface area contributed by atoms with Crippen LogP contribution in [0.4, 0.5) is 0 Å². The van der Waals surface area contributed by atoms with E-state index in [0.717, 1.165) is 16.0 Å². The van der Waals surface area contributed by atoms with Crippen molar-refractivity contribution >= 4 is 77.5 Å². The highest BCUT2D eigenvalue weighted by molar-refractivity contribution is 7.92.